The predicted molar refractivity (Wildman–Crippen MR) is 82.2 cm³/mol. The van der Waals surface area contributed by atoms with E-state index in [2.05, 4.69) is 0 Å². The first-order valence-corrected chi connectivity index (χ1v) is 7.13. The zero-order chi connectivity index (χ0) is 16.7. The van der Waals surface area contributed by atoms with Gasteiger partial charge in [0, 0.05) is 16.7 Å². The molecule has 0 amide bonds. The zero-order valence-corrected chi connectivity index (χ0v) is 12.6. The van der Waals surface area contributed by atoms with E-state index in [0.29, 0.717) is 5.56 Å². The lowest BCUT2D eigenvalue weighted by Gasteiger charge is -2.20. The largest absolute Gasteiger partial charge is 0.504 e. The normalized spacial score (nSPS) is 14.0. The molecule has 1 N–H and O–H groups in total. The minimum absolute atomic E-state index is 0.00646. The van der Waals surface area contributed by atoms with Crippen LogP contribution >= 0.6 is 0 Å². The number of ether oxygens (including phenoxy) is 1. The molecule has 1 aliphatic carbocycles. The van der Waals surface area contributed by atoms with E-state index in [4.69, 9.17) is 4.74 Å². The summed E-state index contributed by atoms with van der Waals surface area (Å²) < 4.78 is 5.38. The topological polar surface area (TPSA) is 80.7 Å². The third-order valence-electron chi connectivity index (χ3n) is 3.91. The second-order valence-electron chi connectivity index (χ2n) is 5.41. The van der Waals surface area contributed by atoms with E-state index in [1.807, 2.05) is 0 Å². The molecule has 0 saturated carbocycles. The van der Waals surface area contributed by atoms with Crippen molar-refractivity contribution >= 4 is 17.3 Å². The molecule has 0 fully saturated rings. The predicted octanol–water partition coefficient (Wildman–Crippen LogP) is 2.52. The summed E-state index contributed by atoms with van der Waals surface area (Å²) in [6.45, 7) is 2.91. The van der Waals surface area contributed by atoms with E-state index in [-0.39, 0.29) is 34.0 Å². The summed E-state index contributed by atoms with van der Waals surface area (Å²) in [7, 11) is 0. The van der Waals surface area contributed by atoms with Crippen molar-refractivity contribution in [1.29, 1.82) is 0 Å². The van der Waals surface area contributed by atoms with Gasteiger partial charge < -0.3 is 9.84 Å². The molecule has 1 aliphatic rings. The second kappa shape index (κ2) is 5.35. The molecule has 0 saturated heterocycles. The number of aromatic hydroxyl groups is 1. The molecule has 23 heavy (non-hydrogen) atoms. The highest BCUT2D eigenvalue weighted by Gasteiger charge is 2.33. The Hall–Kier alpha value is -2.95. The maximum absolute atomic E-state index is 12.6. The van der Waals surface area contributed by atoms with Crippen LogP contribution in [0, 0.1) is 0 Å². The molecule has 0 heterocycles. The average molecular weight is 310 g/mol. The number of carbonyl (C=O) groups is 3. The number of phenols is 1. The molecule has 0 radical (unpaired) electrons. The average Bonchev–Trinajstić information content (AvgIpc) is 2.54. The summed E-state index contributed by atoms with van der Waals surface area (Å²) in [5, 5.41) is 10.4. The molecule has 0 aromatic heterocycles. The molecule has 116 valence electrons. The number of benzene rings is 2. The van der Waals surface area contributed by atoms with Gasteiger partial charge in [-0.3, -0.25) is 14.4 Å². The summed E-state index contributed by atoms with van der Waals surface area (Å²) in [6.07, 6.45) is -0.763. The Kier molecular flexibility index (Phi) is 3.48. The molecule has 5 heteroatoms. The molecule has 1 atom stereocenters. The number of ketones is 3. The highest BCUT2D eigenvalue weighted by atomic mass is 16.5. The molecule has 0 aliphatic heterocycles. The third kappa shape index (κ3) is 2.30. The van der Waals surface area contributed by atoms with E-state index in [1.54, 1.807) is 31.2 Å². The van der Waals surface area contributed by atoms with Gasteiger partial charge >= 0.3 is 0 Å². The Labute approximate surface area is 132 Å². The standard InChI is InChI=1S/C18H14O5/c1-9(19)10(2)23-14-8-7-13-15(18(14)22)17(21)12-6-4-3-5-11(12)16(13)20/h3-8,10,22H,1-2H3. The number of carbonyl (C=O) groups excluding carboxylic acids is 3. The number of phenolic OH excluding ortho intramolecular Hbond substituents is 1. The quantitative estimate of drug-likeness (QED) is 0.804. The van der Waals surface area contributed by atoms with Crippen LogP contribution in [-0.2, 0) is 4.79 Å². The van der Waals surface area contributed by atoms with Crippen molar-refractivity contribution < 1.29 is 24.2 Å². The van der Waals surface area contributed by atoms with Gasteiger partial charge in [0.2, 0.25) is 0 Å². The van der Waals surface area contributed by atoms with Gasteiger partial charge in [0.25, 0.3) is 0 Å². The fraction of sp³-hybridized carbons (Fsp3) is 0.167. The van der Waals surface area contributed by atoms with Crippen LogP contribution in [0.1, 0.15) is 45.7 Å². The number of rotatable bonds is 3. The maximum Gasteiger partial charge on any atom is 0.198 e. The molecule has 0 bridgehead atoms. The van der Waals surface area contributed by atoms with Crippen LogP contribution in [-0.4, -0.2) is 28.6 Å². The number of Topliss-reactive ketones (excluding diaryl/α,β-unsaturated/α-hetero) is 1. The Bertz CT molecular complexity index is 850. The van der Waals surface area contributed by atoms with Crippen LogP contribution in [0.4, 0.5) is 0 Å². The van der Waals surface area contributed by atoms with Crippen molar-refractivity contribution in [2.75, 3.05) is 0 Å². The van der Waals surface area contributed by atoms with Crippen LogP contribution in [0.2, 0.25) is 0 Å². The van der Waals surface area contributed by atoms with E-state index < -0.39 is 17.6 Å². The van der Waals surface area contributed by atoms with Crippen LogP contribution < -0.4 is 4.74 Å². The number of fused-ring (bicyclic) bond motifs is 2. The SMILES string of the molecule is CC(=O)C(C)Oc1ccc2c(c1O)C(=O)c1ccccc1C2=O. The lowest BCUT2D eigenvalue weighted by molar-refractivity contribution is -0.122. The van der Waals surface area contributed by atoms with Crippen LogP contribution in [0.5, 0.6) is 11.5 Å². The number of hydrogen-bond acceptors (Lipinski definition) is 5. The van der Waals surface area contributed by atoms with E-state index >= 15 is 0 Å². The first-order chi connectivity index (χ1) is 10.9. The Morgan fingerprint density at radius 3 is 2.22 bits per heavy atom. The van der Waals surface area contributed by atoms with E-state index in [1.165, 1.54) is 19.1 Å². The smallest absolute Gasteiger partial charge is 0.198 e. The third-order valence-corrected chi connectivity index (χ3v) is 3.91. The summed E-state index contributed by atoms with van der Waals surface area (Å²) in [4.78, 5) is 36.4. The van der Waals surface area contributed by atoms with Crippen LogP contribution in [0.25, 0.3) is 0 Å². The van der Waals surface area contributed by atoms with E-state index in [0.717, 1.165) is 0 Å². The molecule has 3 rings (SSSR count). The van der Waals surface area contributed by atoms with Crippen molar-refractivity contribution in [1.82, 2.24) is 0 Å². The fourth-order valence-corrected chi connectivity index (χ4v) is 2.52. The van der Waals surface area contributed by atoms with Gasteiger partial charge in [-0.15, -0.1) is 0 Å². The maximum atomic E-state index is 12.6. The fourth-order valence-electron chi connectivity index (χ4n) is 2.52. The summed E-state index contributed by atoms with van der Waals surface area (Å²) in [5.41, 5.74) is 0.614. The summed E-state index contributed by atoms with van der Waals surface area (Å²) in [6, 6.07) is 9.30. The highest BCUT2D eigenvalue weighted by Crippen LogP contribution is 2.38. The Morgan fingerprint density at radius 2 is 1.61 bits per heavy atom. The van der Waals surface area contributed by atoms with Crippen molar-refractivity contribution in [3.63, 3.8) is 0 Å². The zero-order valence-electron chi connectivity index (χ0n) is 12.6. The molecule has 2 aromatic rings. The minimum Gasteiger partial charge on any atom is -0.504 e. The molecule has 2 aromatic carbocycles. The van der Waals surface area contributed by atoms with Gasteiger partial charge in [-0.25, -0.2) is 0 Å². The highest BCUT2D eigenvalue weighted by molar-refractivity contribution is 6.29. The Morgan fingerprint density at radius 1 is 1.00 bits per heavy atom. The van der Waals surface area contributed by atoms with Crippen LogP contribution in [0.15, 0.2) is 36.4 Å². The van der Waals surface area contributed by atoms with Gasteiger partial charge in [-0.1, -0.05) is 24.3 Å². The van der Waals surface area contributed by atoms with Gasteiger partial charge in [-0.2, -0.15) is 0 Å². The number of hydrogen-bond donors (Lipinski definition) is 1. The van der Waals surface area contributed by atoms with Crippen molar-refractivity contribution in [3.8, 4) is 11.5 Å². The molecule has 1 unspecified atom stereocenters. The van der Waals surface area contributed by atoms with Crippen LogP contribution in [0.3, 0.4) is 0 Å². The first-order valence-electron chi connectivity index (χ1n) is 7.13. The lowest BCUT2D eigenvalue weighted by atomic mass is 9.83. The monoisotopic (exact) mass is 310 g/mol. The summed E-state index contributed by atoms with van der Waals surface area (Å²) >= 11 is 0. The Balaban J connectivity index is 2.13. The van der Waals surface area contributed by atoms with Gasteiger partial charge in [-0.05, 0) is 26.0 Å². The van der Waals surface area contributed by atoms with Crippen molar-refractivity contribution in [2.24, 2.45) is 0 Å². The van der Waals surface area contributed by atoms with Gasteiger partial charge in [0.05, 0.1) is 5.56 Å². The van der Waals surface area contributed by atoms with Gasteiger partial charge in [0.15, 0.2) is 35.0 Å². The minimum atomic E-state index is -0.763. The lowest BCUT2D eigenvalue weighted by Crippen LogP contribution is -2.23. The van der Waals surface area contributed by atoms with Crippen molar-refractivity contribution in [3.05, 3.63) is 58.7 Å². The molecular formula is C18H14O5. The van der Waals surface area contributed by atoms with E-state index in [9.17, 15) is 19.5 Å². The second-order valence-corrected chi connectivity index (χ2v) is 5.41. The molecule has 5 nitrogen and oxygen atoms in total. The first kappa shape index (κ1) is 15.0. The van der Waals surface area contributed by atoms with Crippen molar-refractivity contribution in [2.45, 2.75) is 20.0 Å². The summed E-state index contributed by atoms with van der Waals surface area (Å²) in [5.74, 6) is -1.38. The molecular weight excluding hydrogens is 296 g/mol. The van der Waals surface area contributed by atoms with Gasteiger partial charge in [0.1, 0.15) is 0 Å². The molecule has 0 spiro atoms.